The molecule has 2 aromatic rings. The van der Waals surface area contributed by atoms with Crippen LogP contribution in [0, 0.1) is 0 Å². The van der Waals surface area contributed by atoms with Crippen LogP contribution >= 0.6 is 11.6 Å². The van der Waals surface area contributed by atoms with Gasteiger partial charge in [0, 0.05) is 49.6 Å². The van der Waals surface area contributed by atoms with E-state index >= 15 is 0 Å². The minimum absolute atomic E-state index is 0.0386. The van der Waals surface area contributed by atoms with Crippen LogP contribution in [0.1, 0.15) is 41.4 Å². The molecule has 0 bridgehead atoms. The van der Waals surface area contributed by atoms with Crippen molar-refractivity contribution in [3.8, 4) is 0 Å². The number of carbonyl (C=O) groups is 2. The third kappa shape index (κ3) is 7.01. The number of anilines is 1. The lowest BCUT2D eigenvalue weighted by Crippen LogP contribution is -2.26. The maximum absolute atomic E-state index is 12.6. The molecule has 1 amide bonds. The Kier molecular flexibility index (Phi) is 7.95. The zero-order valence-electron chi connectivity index (χ0n) is 15.6. The molecular formula is C19H20ClF3N4O2. The average Bonchev–Trinajstić information content (AvgIpc) is 2.67. The third-order valence-corrected chi connectivity index (χ3v) is 4.24. The molecule has 156 valence electrons. The van der Waals surface area contributed by atoms with Crippen molar-refractivity contribution >= 4 is 29.1 Å². The van der Waals surface area contributed by atoms with Gasteiger partial charge in [0.1, 0.15) is 11.6 Å². The lowest BCUT2D eigenvalue weighted by atomic mass is 10.1. The molecule has 0 aromatic carbocycles. The minimum Gasteiger partial charge on any atom is -0.369 e. The monoisotopic (exact) mass is 428 g/mol. The summed E-state index contributed by atoms with van der Waals surface area (Å²) in [4.78, 5) is 31.4. The zero-order valence-corrected chi connectivity index (χ0v) is 16.4. The highest BCUT2D eigenvalue weighted by molar-refractivity contribution is 6.32. The molecule has 0 aliphatic rings. The Morgan fingerprint density at radius 2 is 1.93 bits per heavy atom. The van der Waals surface area contributed by atoms with E-state index in [1.165, 1.54) is 6.20 Å². The molecule has 0 radical (unpaired) electrons. The van der Waals surface area contributed by atoms with Gasteiger partial charge >= 0.3 is 6.18 Å². The molecule has 2 N–H and O–H groups in total. The van der Waals surface area contributed by atoms with Gasteiger partial charge in [0.2, 0.25) is 0 Å². The van der Waals surface area contributed by atoms with Gasteiger partial charge in [-0.25, -0.2) is 4.98 Å². The van der Waals surface area contributed by atoms with Crippen molar-refractivity contribution in [2.45, 2.75) is 32.4 Å². The van der Waals surface area contributed by atoms with E-state index in [1.807, 2.05) is 0 Å². The zero-order chi connectivity index (χ0) is 21.4. The Morgan fingerprint density at radius 1 is 1.17 bits per heavy atom. The Labute approximate surface area is 170 Å². The quantitative estimate of drug-likeness (QED) is 0.592. The molecule has 0 spiro atoms. The summed E-state index contributed by atoms with van der Waals surface area (Å²) < 4.78 is 37.8. The van der Waals surface area contributed by atoms with Gasteiger partial charge in [0.05, 0.1) is 10.6 Å². The minimum atomic E-state index is -4.50. The van der Waals surface area contributed by atoms with Gasteiger partial charge in [-0.3, -0.25) is 14.6 Å². The van der Waals surface area contributed by atoms with E-state index in [-0.39, 0.29) is 29.0 Å². The van der Waals surface area contributed by atoms with Crippen molar-refractivity contribution in [1.29, 1.82) is 0 Å². The maximum atomic E-state index is 12.6. The molecule has 2 heterocycles. The third-order valence-electron chi connectivity index (χ3n) is 3.95. The molecular weight excluding hydrogens is 409 g/mol. The fourth-order valence-corrected chi connectivity index (χ4v) is 2.60. The van der Waals surface area contributed by atoms with Crippen LogP contribution in [0.4, 0.5) is 19.0 Å². The molecule has 0 unspecified atom stereocenters. The van der Waals surface area contributed by atoms with Crippen LogP contribution in [0.2, 0.25) is 5.02 Å². The molecule has 0 atom stereocenters. The van der Waals surface area contributed by atoms with Crippen LogP contribution in [-0.4, -0.2) is 34.7 Å². The summed E-state index contributed by atoms with van der Waals surface area (Å²) in [5.41, 5.74) is 0.0196. The van der Waals surface area contributed by atoms with Gasteiger partial charge in [-0.15, -0.1) is 0 Å². The van der Waals surface area contributed by atoms with Gasteiger partial charge in [-0.05, 0) is 24.6 Å². The van der Waals surface area contributed by atoms with Crippen molar-refractivity contribution in [2.75, 3.05) is 18.4 Å². The Morgan fingerprint density at radius 3 is 2.59 bits per heavy atom. The first kappa shape index (κ1) is 22.6. The predicted molar refractivity (Wildman–Crippen MR) is 103 cm³/mol. The molecule has 0 saturated heterocycles. The molecule has 0 aliphatic carbocycles. The SMILES string of the molecule is CCC(=O)Cc1cc(C(=O)NCCCNc2ncc(C(F)(F)F)cc2Cl)ccn1. The summed E-state index contributed by atoms with van der Waals surface area (Å²) in [7, 11) is 0. The first-order valence-electron chi connectivity index (χ1n) is 8.92. The molecule has 0 aliphatic heterocycles. The molecule has 2 rings (SSSR count). The highest BCUT2D eigenvalue weighted by atomic mass is 35.5. The lowest BCUT2D eigenvalue weighted by molar-refractivity contribution is -0.137. The van der Waals surface area contributed by atoms with Gasteiger partial charge in [0.15, 0.2) is 0 Å². The van der Waals surface area contributed by atoms with E-state index in [4.69, 9.17) is 11.6 Å². The van der Waals surface area contributed by atoms with E-state index < -0.39 is 11.7 Å². The number of nitrogens with zero attached hydrogens (tertiary/aromatic N) is 2. The van der Waals surface area contributed by atoms with Crippen molar-refractivity contribution in [3.63, 3.8) is 0 Å². The second kappa shape index (κ2) is 10.2. The van der Waals surface area contributed by atoms with Gasteiger partial charge in [0.25, 0.3) is 5.91 Å². The first-order chi connectivity index (χ1) is 13.7. The predicted octanol–water partition coefficient (Wildman–Crippen LogP) is 3.90. The summed E-state index contributed by atoms with van der Waals surface area (Å²) in [6.07, 6.45) is -1.23. The van der Waals surface area contributed by atoms with Crippen LogP contribution in [0.3, 0.4) is 0 Å². The number of amides is 1. The number of aromatic nitrogens is 2. The Hall–Kier alpha value is -2.68. The number of hydrogen-bond acceptors (Lipinski definition) is 5. The molecule has 2 aromatic heterocycles. The normalized spacial score (nSPS) is 11.2. The largest absolute Gasteiger partial charge is 0.417 e. The standard InChI is InChI=1S/C19H20ClF3N4O2/c1-2-15(28)10-14-8-12(4-7-24-14)18(29)26-6-3-5-25-17-16(20)9-13(11-27-17)19(21,22)23/h4,7-9,11H,2-3,5-6,10H2,1H3,(H,25,27)(H,26,29). The second-order valence-electron chi connectivity index (χ2n) is 6.19. The van der Waals surface area contributed by atoms with E-state index in [1.54, 1.807) is 19.1 Å². The van der Waals surface area contributed by atoms with Crippen LogP contribution in [0.25, 0.3) is 0 Å². The smallest absolute Gasteiger partial charge is 0.369 e. The van der Waals surface area contributed by atoms with Crippen molar-refractivity contribution < 1.29 is 22.8 Å². The fraction of sp³-hybridized carbons (Fsp3) is 0.368. The average molecular weight is 429 g/mol. The van der Waals surface area contributed by atoms with Gasteiger partial charge in [-0.2, -0.15) is 13.2 Å². The van der Waals surface area contributed by atoms with Gasteiger partial charge < -0.3 is 10.6 Å². The molecule has 6 nitrogen and oxygen atoms in total. The highest BCUT2D eigenvalue weighted by Gasteiger charge is 2.31. The summed E-state index contributed by atoms with van der Waals surface area (Å²) in [5, 5.41) is 5.43. The fourth-order valence-electron chi connectivity index (χ4n) is 2.37. The Bertz CT molecular complexity index is 875. The number of Topliss-reactive ketones (excluding diaryl/α,β-unsaturated/α-hetero) is 1. The lowest BCUT2D eigenvalue weighted by Gasteiger charge is -2.11. The van der Waals surface area contributed by atoms with Crippen molar-refractivity contribution in [3.05, 3.63) is 52.4 Å². The topological polar surface area (TPSA) is 84.0 Å². The molecule has 0 saturated carbocycles. The van der Waals surface area contributed by atoms with E-state index in [9.17, 15) is 22.8 Å². The van der Waals surface area contributed by atoms with Crippen LogP contribution in [0.5, 0.6) is 0 Å². The number of alkyl halides is 3. The summed E-state index contributed by atoms with van der Waals surface area (Å²) in [6, 6.07) is 3.94. The van der Waals surface area contributed by atoms with E-state index in [2.05, 4.69) is 20.6 Å². The number of hydrogen-bond donors (Lipinski definition) is 2. The van der Waals surface area contributed by atoms with Gasteiger partial charge in [-0.1, -0.05) is 18.5 Å². The van der Waals surface area contributed by atoms with E-state index in [0.29, 0.717) is 43.4 Å². The second-order valence-corrected chi connectivity index (χ2v) is 6.60. The van der Waals surface area contributed by atoms with Crippen LogP contribution < -0.4 is 10.6 Å². The number of pyridine rings is 2. The maximum Gasteiger partial charge on any atom is 0.417 e. The van der Waals surface area contributed by atoms with Crippen LogP contribution in [0.15, 0.2) is 30.6 Å². The molecule has 10 heteroatoms. The van der Waals surface area contributed by atoms with Crippen molar-refractivity contribution in [2.24, 2.45) is 0 Å². The number of ketones is 1. The Balaban J connectivity index is 1.79. The molecule has 0 fully saturated rings. The molecule has 29 heavy (non-hydrogen) atoms. The first-order valence-corrected chi connectivity index (χ1v) is 9.30. The summed E-state index contributed by atoms with van der Waals surface area (Å²) >= 11 is 5.82. The van der Waals surface area contributed by atoms with E-state index in [0.717, 1.165) is 6.07 Å². The van der Waals surface area contributed by atoms with Crippen LogP contribution in [-0.2, 0) is 17.4 Å². The highest BCUT2D eigenvalue weighted by Crippen LogP contribution is 2.32. The summed E-state index contributed by atoms with van der Waals surface area (Å²) in [5.74, 6) is -0.120. The number of nitrogens with one attached hydrogen (secondary N) is 2. The number of carbonyl (C=O) groups excluding carboxylic acids is 2. The number of halogens is 4. The van der Waals surface area contributed by atoms with Crippen molar-refractivity contribution in [1.82, 2.24) is 15.3 Å². The number of rotatable bonds is 9. The summed E-state index contributed by atoms with van der Waals surface area (Å²) in [6.45, 7) is 2.45.